The van der Waals surface area contributed by atoms with E-state index in [0.717, 1.165) is 49.3 Å². The van der Waals surface area contributed by atoms with Crippen molar-refractivity contribution in [3.8, 4) is 5.75 Å². The number of carbonyl (C=O) groups is 1. The van der Waals surface area contributed by atoms with Crippen LogP contribution in [0.5, 0.6) is 5.75 Å². The lowest BCUT2D eigenvalue weighted by atomic mass is 10.2. The highest BCUT2D eigenvalue weighted by Gasteiger charge is 2.36. The number of carbonyl (C=O) groups excluding carboxylic acids is 1. The first-order valence-electron chi connectivity index (χ1n) is 9.69. The summed E-state index contributed by atoms with van der Waals surface area (Å²) in [6.07, 6.45) is 0. The second kappa shape index (κ2) is 7.54. The lowest BCUT2D eigenvalue weighted by Gasteiger charge is -2.38. The molecule has 0 aliphatic carbocycles. The van der Waals surface area contributed by atoms with Gasteiger partial charge in [-0.2, -0.15) is 0 Å². The molecular weight excluding hydrogens is 352 g/mol. The van der Waals surface area contributed by atoms with E-state index in [1.807, 2.05) is 50.2 Å². The third-order valence-electron chi connectivity index (χ3n) is 5.36. The summed E-state index contributed by atoms with van der Waals surface area (Å²) >= 11 is 0. The van der Waals surface area contributed by atoms with E-state index < -0.39 is 0 Å². The van der Waals surface area contributed by atoms with Crippen LogP contribution in [0.4, 0.5) is 11.4 Å². The van der Waals surface area contributed by atoms with Gasteiger partial charge in [0.1, 0.15) is 11.8 Å². The van der Waals surface area contributed by atoms with E-state index in [9.17, 15) is 4.79 Å². The highest BCUT2D eigenvalue weighted by atomic mass is 16.5. The molecule has 0 spiro atoms. The molecule has 1 amide bonds. The van der Waals surface area contributed by atoms with Crippen molar-refractivity contribution in [2.75, 3.05) is 43.1 Å². The Morgan fingerprint density at radius 1 is 0.964 bits per heavy atom. The van der Waals surface area contributed by atoms with Crippen molar-refractivity contribution in [2.45, 2.75) is 19.9 Å². The predicted octanol–water partition coefficient (Wildman–Crippen LogP) is 2.92. The summed E-state index contributed by atoms with van der Waals surface area (Å²) in [7, 11) is 1.69. The molecule has 146 valence electrons. The van der Waals surface area contributed by atoms with Crippen LogP contribution in [0.25, 0.3) is 0 Å². The average Bonchev–Trinajstić information content (AvgIpc) is 3.03. The molecule has 0 saturated carbocycles. The van der Waals surface area contributed by atoms with Crippen LogP contribution in [-0.4, -0.2) is 56.1 Å². The van der Waals surface area contributed by atoms with E-state index in [1.54, 1.807) is 12.0 Å². The molecule has 28 heavy (non-hydrogen) atoms. The summed E-state index contributed by atoms with van der Waals surface area (Å²) in [5, 5.41) is 0. The van der Waals surface area contributed by atoms with Gasteiger partial charge in [0.25, 0.3) is 5.91 Å². The second-order valence-electron chi connectivity index (χ2n) is 7.29. The molecule has 1 unspecified atom stereocenters. The first kappa shape index (κ1) is 18.3. The number of anilines is 2. The van der Waals surface area contributed by atoms with Crippen LogP contribution in [0.3, 0.4) is 0 Å². The quantitative estimate of drug-likeness (QED) is 0.824. The van der Waals surface area contributed by atoms with Crippen LogP contribution in [0.1, 0.15) is 12.5 Å². The van der Waals surface area contributed by atoms with Gasteiger partial charge in [0.05, 0.1) is 12.8 Å². The summed E-state index contributed by atoms with van der Waals surface area (Å²) in [4.78, 5) is 23.8. The van der Waals surface area contributed by atoms with Crippen LogP contribution < -0.4 is 14.5 Å². The van der Waals surface area contributed by atoms with Gasteiger partial charge in [-0.05, 0) is 38.1 Å². The summed E-state index contributed by atoms with van der Waals surface area (Å²) in [6.45, 7) is 7.29. The number of aliphatic imine (C=N–C) groups is 1. The fourth-order valence-corrected chi connectivity index (χ4v) is 3.70. The molecule has 2 aromatic carbocycles. The van der Waals surface area contributed by atoms with E-state index in [4.69, 9.17) is 4.74 Å². The van der Waals surface area contributed by atoms with Gasteiger partial charge in [-0.25, -0.2) is 9.89 Å². The number of aryl methyl sites for hydroxylation is 1. The lowest BCUT2D eigenvalue weighted by Crippen LogP contribution is -2.53. The molecule has 6 heteroatoms. The molecule has 4 rings (SSSR count). The monoisotopic (exact) mass is 378 g/mol. The van der Waals surface area contributed by atoms with Crippen molar-refractivity contribution < 1.29 is 9.53 Å². The Hall–Kier alpha value is -3.02. The van der Waals surface area contributed by atoms with E-state index in [0.29, 0.717) is 0 Å². The summed E-state index contributed by atoms with van der Waals surface area (Å²) in [5.74, 6) is 1.67. The number of guanidine groups is 1. The maximum Gasteiger partial charge on any atom is 0.258 e. The van der Waals surface area contributed by atoms with E-state index in [1.165, 1.54) is 5.56 Å². The normalized spacial score (nSPS) is 19.8. The second-order valence-corrected chi connectivity index (χ2v) is 7.29. The van der Waals surface area contributed by atoms with Gasteiger partial charge in [0.2, 0.25) is 5.96 Å². The van der Waals surface area contributed by atoms with Crippen LogP contribution in [-0.2, 0) is 4.79 Å². The maximum absolute atomic E-state index is 12.8. The zero-order valence-corrected chi connectivity index (χ0v) is 16.6. The van der Waals surface area contributed by atoms with Gasteiger partial charge >= 0.3 is 0 Å². The number of piperazine rings is 1. The number of hydrogen-bond acceptors (Lipinski definition) is 5. The molecule has 0 radical (unpaired) electrons. The lowest BCUT2D eigenvalue weighted by molar-refractivity contribution is -0.117. The average molecular weight is 378 g/mol. The molecule has 2 aliphatic rings. The maximum atomic E-state index is 12.8. The van der Waals surface area contributed by atoms with Crippen LogP contribution >= 0.6 is 0 Å². The molecule has 2 aliphatic heterocycles. The minimum atomic E-state index is -0.340. The zero-order chi connectivity index (χ0) is 19.7. The van der Waals surface area contributed by atoms with Gasteiger partial charge < -0.3 is 14.5 Å². The number of nitrogens with zero attached hydrogens (tertiary/aromatic N) is 4. The molecule has 2 aromatic rings. The zero-order valence-electron chi connectivity index (χ0n) is 16.6. The minimum absolute atomic E-state index is 0.0362. The van der Waals surface area contributed by atoms with Crippen molar-refractivity contribution in [2.24, 2.45) is 4.99 Å². The predicted molar refractivity (Wildman–Crippen MR) is 112 cm³/mol. The summed E-state index contributed by atoms with van der Waals surface area (Å²) in [6, 6.07) is 15.9. The Kier molecular flexibility index (Phi) is 4.94. The number of hydrogen-bond donors (Lipinski definition) is 0. The van der Waals surface area contributed by atoms with Crippen molar-refractivity contribution in [3.05, 3.63) is 54.1 Å². The van der Waals surface area contributed by atoms with Crippen molar-refractivity contribution in [3.63, 3.8) is 0 Å². The molecule has 0 bridgehead atoms. The van der Waals surface area contributed by atoms with Gasteiger partial charge in [-0.15, -0.1) is 0 Å². The van der Waals surface area contributed by atoms with Gasteiger partial charge in [0.15, 0.2) is 0 Å². The number of ether oxygens (including phenoxy) is 1. The molecule has 6 nitrogen and oxygen atoms in total. The largest absolute Gasteiger partial charge is 0.497 e. The molecule has 1 saturated heterocycles. The van der Waals surface area contributed by atoms with Crippen LogP contribution in [0.15, 0.2) is 53.5 Å². The first-order chi connectivity index (χ1) is 13.6. The number of methoxy groups -OCH3 is 1. The Labute approximate surface area is 166 Å². The number of amides is 1. The smallest absolute Gasteiger partial charge is 0.258 e. The summed E-state index contributed by atoms with van der Waals surface area (Å²) < 4.78 is 5.34. The first-order valence-corrected chi connectivity index (χ1v) is 9.69. The van der Waals surface area contributed by atoms with Crippen LogP contribution in [0.2, 0.25) is 0 Å². The third kappa shape index (κ3) is 3.42. The minimum Gasteiger partial charge on any atom is -0.497 e. The molecule has 1 fully saturated rings. The Balaban J connectivity index is 1.50. The molecular formula is C22H26N4O2. The Morgan fingerprint density at radius 2 is 1.64 bits per heavy atom. The van der Waals surface area contributed by atoms with Gasteiger partial charge in [-0.1, -0.05) is 23.8 Å². The van der Waals surface area contributed by atoms with Gasteiger partial charge in [-0.3, -0.25) is 4.79 Å². The highest BCUT2D eigenvalue weighted by molar-refractivity contribution is 6.21. The molecule has 1 atom stereocenters. The molecule has 0 N–H and O–H groups in total. The standard InChI is InChI=1S/C22H26N4O2/c1-16-7-9-18(10-8-16)26-21(27)17(2)23-22(26)25-13-11-24(12-14-25)19-5-4-6-20(15-19)28-3/h4-10,15,17H,11-14H2,1-3H3. The fraction of sp³-hybridized carbons (Fsp3) is 0.364. The van der Waals surface area contributed by atoms with E-state index >= 15 is 0 Å². The van der Waals surface area contributed by atoms with E-state index in [-0.39, 0.29) is 11.9 Å². The summed E-state index contributed by atoms with van der Waals surface area (Å²) in [5.41, 5.74) is 3.22. The highest BCUT2D eigenvalue weighted by Crippen LogP contribution is 2.26. The topological polar surface area (TPSA) is 48.4 Å². The number of rotatable bonds is 3. The van der Waals surface area contributed by atoms with Crippen molar-refractivity contribution >= 4 is 23.2 Å². The molecule has 2 heterocycles. The van der Waals surface area contributed by atoms with Gasteiger partial charge in [0, 0.05) is 37.9 Å². The van der Waals surface area contributed by atoms with E-state index in [2.05, 4.69) is 26.9 Å². The third-order valence-corrected chi connectivity index (χ3v) is 5.36. The van der Waals surface area contributed by atoms with Crippen molar-refractivity contribution in [1.82, 2.24) is 4.90 Å². The van der Waals surface area contributed by atoms with Crippen LogP contribution in [0, 0.1) is 6.92 Å². The van der Waals surface area contributed by atoms with Crippen molar-refractivity contribution in [1.29, 1.82) is 0 Å². The SMILES string of the molecule is COc1cccc(N2CCN(C3=NC(C)C(=O)N3c3ccc(C)cc3)CC2)c1. The Morgan fingerprint density at radius 3 is 2.32 bits per heavy atom. The molecule has 0 aromatic heterocycles. The Bertz CT molecular complexity index is 886. The fourth-order valence-electron chi connectivity index (χ4n) is 3.70. The number of benzene rings is 2.